The average Bonchev–Trinajstić information content (AvgIpc) is 2.95. The Morgan fingerprint density at radius 2 is 2.16 bits per heavy atom. The zero-order valence-electron chi connectivity index (χ0n) is 11.3. The molecule has 0 fully saturated rings. The minimum Gasteiger partial charge on any atom is -0.349 e. The SMILES string of the molecule is CCN1c2ccc(Br)cc2C(C)(C)C1n1cncn1. The number of anilines is 1. The van der Waals surface area contributed by atoms with Crippen LogP contribution < -0.4 is 4.90 Å². The highest BCUT2D eigenvalue weighted by molar-refractivity contribution is 9.10. The van der Waals surface area contributed by atoms with Gasteiger partial charge in [0.05, 0.1) is 0 Å². The summed E-state index contributed by atoms with van der Waals surface area (Å²) in [5.74, 6) is 0. The molecule has 5 heteroatoms. The number of hydrogen-bond donors (Lipinski definition) is 0. The summed E-state index contributed by atoms with van der Waals surface area (Å²) >= 11 is 3.57. The van der Waals surface area contributed by atoms with Gasteiger partial charge >= 0.3 is 0 Å². The monoisotopic (exact) mass is 320 g/mol. The van der Waals surface area contributed by atoms with Crippen LogP contribution in [0.25, 0.3) is 0 Å². The van der Waals surface area contributed by atoms with E-state index in [0.717, 1.165) is 11.0 Å². The minimum atomic E-state index is -0.0111. The van der Waals surface area contributed by atoms with Crippen molar-refractivity contribution in [2.75, 3.05) is 11.4 Å². The van der Waals surface area contributed by atoms with E-state index in [4.69, 9.17) is 0 Å². The molecular weight excluding hydrogens is 304 g/mol. The van der Waals surface area contributed by atoms with Crippen molar-refractivity contribution in [2.24, 2.45) is 0 Å². The molecule has 4 nitrogen and oxygen atoms in total. The second kappa shape index (κ2) is 4.34. The summed E-state index contributed by atoms with van der Waals surface area (Å²) in [6, 6.07) is 6.50. The zero-order chi connectivity index (χ0) is 13.6. The molecule has 0 saturated carbocycles. The van der Waals surface area contributed by atoms with Crippen LogP contribution in [0.15, 0.2) is 35.3 Å². The highest BCUT2D eigenvalue weighted by Gasteiger charge is 2.45. The molecule has 0 aliphatic carbocycles. The van der Waals surface area contributed by atoms with E-state index in [-0.39, 0.29) is 11.6 Å². The quantitative estimate of drug-likeness (QED) is 0.850. The van der Waals surface area contributed by atoms with Gasteiger partial charge in [-0.2, -0.15) is 5.10 Å². The van der Waals surface area contributed by atoms with Crippen molar-refractivity contribution in [3.05, 3.63) is 40.9 Å². The molecule has 1 unspecified atom stereocenters. The molecule has 1 aromatic carbocycles. The normalized spacial score (nSPS) is 20.6. The van der Waals surface area contributed by atoms with Gasteiger partial charge in [-0.3, -0.25) is 0 Å². The number of rotatable bonds is 2. The fraction of sp³-hybridized carbons (Fsp3) is 0.429. The molecule has 0 spiro atoms. The lowest BCUT2D eigenvalue weighted by molar-refractivity contribution is 0.306. The van der Waals surface area contributed by atoms with Crippen LogP contribution in [0.4, 0.5) is 5.69 Å². The Morgan fingerprint density at radius 3 is 2.79 bits per heavy atom. The Bertz CT molecular complexity index is 591. The highest BCUT2D eigenvalue weighted by Crippen LogP contribution is 2.50. The molecule has 1 atom stereocenters. The van der Waals surface area contributed by atoms with Gasteiger partial charge in [0.2, 0.25) is 0 Å². The van der Waals surface area contributed by atoms with E-state index in [2.05, 4.69) is 69.9 Å². The Morgan fingerprint density at radius 1 is 1.37 bits per heavy atom. The van der Waals surface area contributed by atoms with Crippen molar-refractivity contribution in [2.45, 2.75) is 32.4 Å². The summed E-state index contributed by atoms with van der Waals surface area (Å²) in [7, 11) is 0. The predicted molar refractivity (Wildman–Crippen MR) is 79.2 cm³/mol. The lowest BCUT2D eigenvalue weighted by atomic mass is 9.84. The Balaban J connectivity index is 2.18. The fourth-order valence-electron chi connectivity index (χ4n) is 3.10. The van der Waals surface area contributed by atoms with Gasteiger partial charge in [0.15, 0.2) is 0 Å². The highest BCUT2D eigenvalue weighted by atomic mass is 79.9. The number of aromatic nitrogens is 3. The molecule has 0 saturated heterocycles. The van der Waals surface area contributed by atoms with Gasteiger partial charge in [-0.15, -0.1) is 0 Å². The lowest BCUT2D eigenvalue weighted by Crippen LogP contribution is -2.38. The molecule has 19 heavy (non-hydrogen) atoms. The zero-order valence-corrected chi connectivity index (χ0v) is 12.9. The third-order valence-electron chi connectivity index (χ3n) is 3.93. The van der Waals surface area contributed by atoms with Gasteiger partial charge in [-0.25, -0.2) is 9.67 Å². The Hall–Kier alpha value is -1.36. The van der Waals surface area contributed by atoms with E-state index in [1.165, 1.54) is 11.3 Å². The van der Waals surface area contributed by atoms with Gasteiger partial charge in [-0.1, -0.05) is 29.8 Å². The van der Waals surface area contributed by atoms with Gasteiger partial charge < -0.3 is 4.90 Å². The van der Waals surface area contributed by atoms with Crippen LogP contribution in [0.3, 0.4) is 0 Å². The van der Waals surface area contributed by atoms with Crippen LogP contribution in [-0.4, -0.2) is 21.3 Å². The van der Waals surface area contributed by atoms with Gasteiger partial charge in [0.25, 0.3) is 0 Å². The van der Waals surface area contributed by atoms with Gasteiger partial charge in [0.1, 0.15) is 18.8 Å². The summed E-state index contributed by atoms with van der Waals surface area (Å²) < 4.78 is 3.08. The predicted octanol–water partition coefficient (Wildman–Crippen LogP) is 3.36. The second-order valence-electron chi connectivity index (χ2n) is 5.42. The number of likely N-dealkylation sites (N-methyl/N-ethyl adjacent to an activating group) is 1. The summed E-state index contributed by atoms with van der Waals surface area (Å²) in [6.07, 6.45) is 3.57. The van der Waals surface area contributed by atoms with Crippen molar-refractivity contribution in [3.63, 3.8) is 0 Å². The van der Waals surface area contributed by atoms with Crippen LogP contribution >= 0.6 is 15.9 Å². The van der Waals surface area contributed by atoms with Crippen LogP contribution in [0.2, 0.25) is 0 Å². The smallest absolute Gasteiger partial charge is 0.137 e. The minimum absolute atomic E-state index is 0.0111. The van der Waals surface area contributed by atoms with E-state index in [1.807, 2.05) is 4.68 Å². The van der Waals surface area contributed by atoms with Crippen molar-refractivity contribution >= 4 is 21.6 Å². The van der Waals surface area contributed by atoms with Crippen LogP contribution in [0, 0.1) is 0 Å². The molecule has 2 aromatic rings. The maximum atomic E-state index is 4.35. The molecule has 1 aliphatic heterocycles. The van der Waals surface area contributed by atoms with Crippen molar-refractivity contribution in [3.8, 4) is 0 Å². The van der Waals surface area contributed by atoms with Crippen molar-refractivity contribution in [1.82, 2.24) is 14.8 Å². The Labute approximate surface area is 121 Å². The summed E-state index contributed by atoms with van der Waals surface area (Å²) in [5.41, 5.74) is 2.63. The third-order valence-corrected chi connectivity index (χ3v) is 4.42. The maximum absolute atomic E-state index is 4.35. The van der Waals surface area contributed by atoms with E-state index in [1.54, 1.807) is 12.7 Å². The second-order valence-corrected chi connectivity index (χ2v) is 6.33. The third kappa shape index (κ3) is 1.79. The van der Waals surface area contributed by atoms with E-state index < -0.39 is 0 Å². The van der Waals surface area contributed by atoms with E-state index >= 15 is 0 Å². The van der Waals surface area contributed by atoms with Crippen LogP contribution in [-0.2, 0) is 5.41 Å². The maximum Gasteiger partial charge on any atom is 0.137 e. The number of fused-ring (bicyclic) bond motifs is 1. The topological polar surface area (TPSA) is 34.0 Å². The number of halogens is 1. The molecule has 2 heterocycles. The fourth-order valence-corrected chi connectivity index (χ4v) is 3.46. The molecule has 0 amide bonds. The van der Waals surface area contributed by atoms with E-state index in [9.17, 15) is 0 Å². The summed E-state index contributed by atoms with van der Waals surface area (Å²) in [5, 5.41) is 4.35. The summed E-state index contributed by atoms with van der Waals surface area (Å²) in [6.45, 7) is 7.65. The van der Waals surface area contributed by atoms with Crippen LogP contribution in [0.5, 0.6) is 0 Å². The van der Waals surface area contributed by atoms with Gasteiger partial charge in [0, 0.05) is 22.1 Å². The van der Waals surface area contributed by atoms with Crippen molar-refractivity contribution < 1.29 is 0 Å². The molecule has 1 aromatic heterocycles. The molecule has 1 aliphatic rings. The standard InChI is InChI=1S/C14H17BrN4/c1-4-18-12-6-5-10(15)7-11(12)14(2,3)13(18)19-9-16-8-17-19/h5-9,13H,4H2,1-3H3. The molecule has 3 rings (SSSR count). The first-order valence-corrected chi connectivity index (χ1v) is 7.25. The molecule has 0 bridgehead atoms. The number of benzene rings is 1. The van der Waals surface area contributed by atoms with Crippen LogP contribution in [0.1, 0.15) is 32.5 Å². The first-order valence-electron chi connectivity index (χ1n) is 6.46. The van der Waals surface area contributed by atoms with E-state index in [0.29, 0.717) is 0 Å². The molecular formula is C14H17BrN4. The molecule has 100 valence electrons. The van der Waals surface area contributed by atoms with Gasteiger partial charge in [-0.05, 0) is 30.7 Å². The van der Waals surface area contributed by atoms with Crippen molar-refractivity contribution in [1.29, 1.82) is 0 Å². The largest absolute Gasteiger partial charge is 0.349 e. The molecule has 0 radical (unpaired) electrons. The Kier molecular flexibility index (Phi) is 2.89. The first-order chi connectivity index (χ1) is 9.05. The number of nitrogens with zero attached hydrogens (tertiary/aromatic N) is 4. The summed E-state index contributed by atoms with van der Waals surface area (Å²) in [4.78, 5) is 6.48. The average molecular weight is 321 g/mol. The first kappa shape index (κ1) is 12.7. The lowest BCUT2D eigenvalue weighted by Gasteiger charge is -2.33. The molecule has 0 N–H and O–H groups in total. The number of hydrogen-bond acceptors (Lipinski definition) is 3.